The summed E-state index contributed by atoms with van der Waals surface area (Å²) in [6.45, 7) is -2.73. The first-order valence-electron chi connectivity index (χ1n) is 7.89. The standard InChI is InChI=1S/C16H19N3O8S/c20-13(21)6-18(7-14(22)23)5-12(10-1-3-11(17-28)4-2-10)19(8-15(24)25)9-16(26)27/h1-4,12H,5-9H2,(H,20,21)(H,22,23)(H,24,25)(H,26,27). The molecule has 0 spiro atoms. The van der Waals surface area contributed by atoms with Crippen LogP contribution in [0.2, 0.25) is 0 Å². The molecule has 0 fully saturated rings. The summed E-state index contributed by atoms with van der Waals surface area (Å²) in [5.74, 6) is -5.12. The van der Waals surface area contributed by atoms with Crippen LogP contribution in [0.1, 0.15) is 11.6 Å². The molecule has 0 radical (unpaired) electrons. The smallest absolute Gasteiger partial charge is 0.317 e. The molecule has 11 nitrogen and oxygen atoms in total. The van der Waals surface area contributed by atoms with Crippen LogP contribution in [0.3, 0.4) is 0 Å². The van der Waals surface area contributed by atoms with E-state index in [2.05, 4.69) is 16.8 Å². The fourth-order valence-electron chi connectivity index (χ4n) is 2.62. The first-order chi connectivity index (χ1) is 13.1. The van der Waals surface area contributed by atoms with Crippen LogP contribution in [0.25, 0.3) is 0 Å². The van der Waals surface area contributed by atoms with E-state index in [9.17, 15) is 19.2 Å². The summed E-state index contributed by atoms with van der Waals surface area (Å²) in [5, 5.41) is 36.3. The van der Waals surface area contributed by atoms with Crippen LogP contribution >= 0.6 is 0 Å². The molecular weight excluding hydrogens is 394 g/mol. The van der Waals surface area contributed by atoms with E-state index in [4.69, 9.17) is 20.4 Å². The Bertz CT molecular complexity index is 708. The minimum atomic E-state index is -1.29. The predicted molar refractivity (Wildman–Crippen MR) is 97.2 cm³/mol. The first-order valence-corrected chi connectivity index (χ1v) is 8.25. The van der Waals surface area contributed by atoms with Gasteiger partial charge in [-0.05, 0) is 17.7 Å². The van der Waals surface area contributed by atoms with Crippen molar-refractivity contribution in [1.82, 2.24) is 9.80 Å². The Morgan fingerprint density at radius 1 is 0.821 bits per heavy atom. The van der Waals surface area contributed by atoms with Gasteiger partial charge in [0.2, 0.25) is 0 Å². The highest BCUT2D eigenvalue weighted by Crippen LogP contribution is 2.24. The maximum Gasteiger partial charge on any atom is 0.317 e. The third-order valence-electron chi connectivity index (χ3n) is 3.65. The molecule has 1 unspecified atom stereocenters. The maximum atomic E-state index is 11.2. The summed E-state index contributed by atoms with van der Waals surface area (Å²) >= 11 is 4.58. The summed E-state index contributed by atoms with van der Waals surface area (Å²) in [7, 11) is 0. The van der Waals surface area contributed by atoms with Crippen LogP contribution < -0.4 is 0 Å². The molecule has 152 valence electrons. The zero-order valence-corrected chi connectivity index (χ0v) is 15.4. The molecule has 1 atom stereocenters. The van der Waals surface area contributed by atoms with Crippen LogP contribution in [-0.4, -0.2) is 86.8 Å². The fourth-order valence-corrected chi connectivity index (χ4v) is 2.75. The number of carboxylic acids is 4. The molecule has 0 heterocycles. The molecule has 28 heavy (non-hydrogen) atoms. The third-order valence-corrected chi connectivity index (χ3v) is 3.86. The summed E-state index contributed by atoms with van der Waals surface area (Å²) in [6, 6.07) is 5.27. The Labute approximate surface area is 165 Å². The Hall–Kier alpha value is -2.96. The second kappa shape index (κ2) is 11.0. The van der Waals surface area contributed by atoms with Gasteiger partial charge in [0, 0.05) is 25.0 Å². The van der Waals surface area contributed by atoms with Crippen LogP contribution in [0.5, 0.6) is 0 Å². The lowest BCUT2D eigenvalue weighted by Gasteiger charge is -2.33. The molecular formula is C16H19N3O8S. The van der Waals surface area contributed by atoms with E-state index in [1.54, 1.807) is 12.1 Å². The molecule has 4 N–H and O–H groups in total. The van der Waals surface area contributed by atoms with Crippen LogP contribution in [-0.2, 0) is 31.6 Å². The number of nitrogens with zero attached hydrogens (tertiary/aromatic N) is 3. The van der Waals surface area contributed by atoms with Gasteiger partial charge in [0.1, 0.15) is 0 Å². The Morgan fingerprint density at radius 2 is 1.25 bits per heavy atom. The van der Waals surface area contributed by atoms with Gasteiger partial charge in [-0.2, -0.15) is 4.36 Å². The van der Waals surface area contributed by atoms with Crippen molar-refractivity contribution < 1.29 is 39.6 Å². The van der Waals surface area contributed by atoms with Gasteiger partial charge >= 0.3 is 23.9 Å². The lowest BCUT2D eigenvalue weighted by Crippen LogP contribution is -2.45. The largest absolute Gasteiger partial charge is 0.480 e. The zero-order chi connectivity index (χ0) is 21.3. The van der Waals surface area contributed by atoms with E-state index < -0.39 is 56.1 Å². The predicted octanol–water partition coefficient (Wildman–Crippen LogP) is 0.0321. The van der Waals surface area contributed by atoms with E-state index >= 15 is 0 Å². The van der Waals surface area contributed by atoms with Gasteiger partial charge in [-0.25, -0.2) is 0 Å². The topological polar surface area (TPSA) is 168 Å². The Morgan fingerprint density at radius 3 is 1.61 bits per heavy atom. The minimum absolute atomic E-state index is 0.219. The first kappa shape index (κ1) is 23.1. The van der Waals surface area contributed by atoms with Gasteiger partial charge in [-0.15, -0.1) is 0 Å². The van der Waals surface area contributed by atoms with E-state index in [0.717, 1.165) is 9.80 Å². The number of benzene rings is 1. The molecule has 0 aliphatic carbocycles. The molecule has 0 aromatic heterocycles. The number of carboxylic acid groups (broad SMARTS) is 4. The van der Waals surface area contributed by atoms with Gasteiger partial charge in [0.15, 0.2) is 0 Å². The normalized spacial score (nSPS) is 11.9. The van der Waals surface area contributed by atoms with Crippen molar-refractivity contribution in [3.05, 3.63) is 29.8 Å². The average molecular weight is 413 g/mol. The SMILES string of the molecule is O=C(O)CN(CC(=O)O)CC(c1ccc(N=S)cc1)N(CC(=O)O)CC(=O)O. The second-order valence-electron chi connectivity index (χ2n) is 5.85. The van der Waals surface area contributed by atoms with Gasteiger partial charge in [-0.3, -0.25) is 29.0 Å². The summed E-state index contributed by atoms with van der Waals surface area (Å²) < 4.78 is 3.57. The molecule has 0 saturated carbocycles. The molecule has 1 aromatic carbocycles. The lowest BCUT2D eigenvalue weighted by atomic mass is 10.0. The van der Waals surface area contributed by atoms with E-state index in [-0.39, 0.29) is 6.54 Å². The lowest BCUT2D eigenvalue weighted by molar-refractivity contribution is -0.146. The van der Waals surface area contributed by atoms with Gasteiger partial charge in [0.05, 0.1) is 31.9 Å². The number of hydrogen-bond donors (Lipinski definition) is 4. The zero-order valence-electron chi connectivity index (χ0n) is 14.6. The van der Waals surface area contributed by atoms with E-state index in [0.29, 0.717) is 11.3 Å². The highest BCUT2D eigenvalue weighted by molar-refractivity contribution is 7.47. The Balaban J connectivity index is 3.30. The van der Waals surface area contributed by atoms with Crippen molar-refractivity contribution in [2.75, 3.05) is 32.7 Å². The van der Waals surface area contributed by atoms with Crippen LogP contribution in [0, 0.1) is 0 Å². The molecule has 0 saturated heterocycles. The molecule has 1 aromatic rings. The summed E-state index contributed by atoms with van der Waals surface area (Å²) in [5.41, 5.74) is 0.916. The summed E-state index contributed by atoms with van der Waals surface area (Å²) in [4.78, 5) is 46.7. The molecule has 0 amide bonds. The van der Waals surface area contributed by atoms with Crippen molar-refractivity contribution in [1.29, 1.82) is 0 Å². The van der Waals surface area contributed by atoms with Gasteiger partial charge in [-0.1, -0.05) is 12.1 Å². The van der Waals surface area contributed by atoms with Crippen molar-refractivity contribution in [3.8, 4) is 0 Å². The van der Waals surface area contributed by atoms with Crippen molar-refractivity contribution in [2.45, 2.75) is 6.04 Å². The average Bonchev–Trinajstić information content (AvgIpc) is 2.57. The minimum Gasteiger partial charge on any atom is -0.480 e. The number of aliphatic carboxylic acids is 4. The van der Waals surface area contributed by atoms with Gasteiger partial charge < -0.3 is 20.4 Å². The van der Waals surface area contributed by atoms with Crippen LogP contribution in [0.4, 0.5) is 5.69 Å². The highest BCUT2D eigenvalue weighted by Gasteiger charge is 2.28. The monoisotopic (exact) mass is 413 g/mol. The molecule has 0 bridgehead atoms. The highest BCUT2D eigenvalue weighted by atomic mass is 32.1. The molecule has 0 aliphatic heterocycles. The molecule has 0 aliphatic rings. The number of rotatable bonds is 13. The quantitative estimate of drug-likeness (QED) is 0.344. The van der Waals surface area contributed by atoms with Gasteiger partial charge in [0.25, 0.3) is 0 Å². The van der Waals surface area contributed by atoms with E-state index in [1.807, 2.05) is 0 Å². The van der Waals surface area contributed by atoms with E-state index in [1.165, 1.54) is 12.1 Å². The van der Waals surface area contributed by atoms with Crippen molar-refractivity contribution in [2.24, 2.45) is 4.36 Å². The maximum absolute atomic E-state index is 11.2. The second-order valence-corrected chi connectivity index (χ2v) is 6.03. The number of hydrogen-bond acceptors (Lipinski definition) is 8. The Kier molecular flexibility index (Phi) is 9.08. The van der Waals surface area contributed by atoms with Crippen molar-refractivity contribution in [3.63, 3.8) is 0 Å². The molecule has 1 rings (SSSR count). The van der Waals surface area contributed by atoms with Crippen molar-refractivity contribution >= 4 is 42.0 Å². The summed E-state index contributed by atoms with van der Waals surface area (Å²) in [6.07, 6.45) is 0. The molecule has 12 heteroatoms. The number of carbonyl (C=O) groups is 4. The fraction of sp³-hybridized carbons (Fsp3) is 0.375. The third kappa shape index (κ3) is 8.16. The van der Waals surface area contributed by atoms with Crippen LogP contribution in [0.15, 0.2) is 28.6 Å².